The van der Waals surface area contributed by atoms with Crippen LogP contribution in [0.1, 0.15) is 38.1 Å². The summed E-state index contributed by atoms with van der Waals surface area (Å²) in [7, 11) is 0. The maximum Gasteiger partial charge on any atom is 0.263 e. The first kappa shape index (κ1) is 14.9. The van der Waals surface area contributed by atoms with E-state index in [-0.39, 0.29) is 11.6 Å². The topological polar surface area (TPSA) is 46.9 Å². The first-order valence-electron chi connectivity index (χ1n) is 8.66. The van der Waals surface area contributed by atoms with Crippen molar-refractivity contribution in [2.75, 3.05) is 5.32 Å². The Balaban J connectivity index is 1.87. The molecule has 0 aliphatic heterocycles. The molecule has 1 aliphatic rings. The normalized spacial score (nSPS) is 15.5. The van der Waals surface area contributed by atoms with Crippen molar-refractivity contribution >= 4 is 22.5 Å². The molecule has 0 atom stereocenters. The molecule has 1 saturated carbocycles. The highest BCUT2D eigenvalue weighted by Gasteiger charge is 2.21. The largest absolute Gasteiger partial charge is 0.326 e. The highest BCUT2D eigenvalue weighted by atomic mass is 16.1. The van der Waals surface area contributed by atoms with Crippen molar-refractivity contribution in [2.24, 2.45) is 0 Å². The summed E-state index contributed by atoms with van der Waals surface area (Å²) in [5.41, 5.74) is 1.75. The molecule has 2 aromatic carbocycles. The van der Waals surface area contributed by atoms with Crippen LogP contribution in [0.2, 0.25) is 0 Å². The van der Waals surface area contributed by atoms with Gasteiger partial charge in [-0.05, 0) is 37.1 Å². The second kappa shape index (κ2) is 6.48. The van der Waals surface area contributed by atoms with Crippen molar-refractivity contribution < 1.29 is 0 Å². The lowest BCUT2D eigenvalue weighted by Crippen LogP contribution is -2.29. The Morgan fingerprint density at radius 1 is 0.917 bits per heavy atom. The van der Waals surface area contributed by atoms with Crippen molar-refractivity contribution in [3.63, 3.8) is 0 Å². The lowest BCUT2D eigenvalue weighted by atomic mass is 9.95. The lowest BCUT2D eigenvalue weighted by molar-refractivity contribution is 0.349. The van der Waals surface area contributed by atoms with Crippen LogP contribution in [0.3, 0.4) is 0 Å². The third kappa shape index (κ3) is 2.80. The highest BCUT2D eigenvalue weighted by Crippen LogP contribution is 2.30. The Bertz CT molecular complexity index is 896. The summed E-state index contributed by atoms with van der Waals surface area (Å²) in [6, 6.07) is 17.8. The molecule has 24 heavy (non-hydrogen) atoms. The van der Waals surface area contributed by atoms with E-state index in [0.29, 0.717) is 11.3 Å². The molecule has 0 spiro atoms. The van der Waals surface area contributed by atoms with E-state index >= 15 is 0 Å². The summed E-state index contributed by atoms with van der Waals surface area (Å²) in [6.45, 7) is 0. The molecule has 1 fully saturated rings. The number of rotatable bonds is 3. The van der Waals surface area contributed by atoms with Gasteiger partial charge in [-0.15, -0.1) is 0 Å². The predicted octanol–water partition coefficient (Wildman–Crippen LogP) is 4.65. The Morgan fingerprint density at radius 3 is 2.42 bits per heavy atom. The van der Waals surface area contributed by atoms with Crippen molar-refractivity contribution in [1.82, 2.24) is 9.55 Å². The first-order valence-corrected chi connectivity index (χ1v) is 8.66. The van der Waals surface area contributed by atoms with Crippen LogP contribution in [0, 0.1) is 0 Å². The van der Waals surface area contributed by atoms with Crippen LogP contribution in [-0.4, -0.2) is 9.55 Å². The number of hydrogen-bond donors (Lipinski definition) is 1. The van der Waals surface area contributed by atoms with Gasteiger partial charge < -0.3 is 5.32 Å². The molecule has 1 heterocycles. The molecule has 1 aromatic heterocycles. The third-order valence-electron chi connectivity index (χ3n) is 4.78. The van der Waals surface area contributed by atoms with Gasteiger partial charge in [0.05, 0.1) is 10.9 Å². The minimum Gasteiger partial charge on any atom is -0.326 e. The van der Waals surface area contributed by atoms with Crippen LogP contribution in [0.25, 0.3) is 10.9 Å². The smallest absolute Gasteiger partial charge is 0.263 e. The molecular weight excluding hydrogens is 298 g/mol. The van der Waals surface area contributed by atoms with Gasteiger partial charge in [0, 0.05) is 11.7 Å². The second-order valence-corrected chi connectivity index (χ2v) is 6.41. The van der Waals surface area contributed by atoms with Crippen molar-refractivity contribution in [1.29, 1.82) is 0 Å². The fourth-order valence-electron chi connectivity index (χ4n) is 3.56. The molecule has 0 bridgehead atoms. The molecule has 0 radical (unpaired) electrons. The van der Waals surface area contributed by atoms with Gasteiger partial charge in [-0.25, -0.2) is 4.98 Å². The zero-order valence-electron chi connectivity index (χ0n) is 13.6. The van der Waals surface area contributed by atoms with Crippen LogP contribution >= 0.6 is 0 Å². The van der Waals surface area contributed by atoms with E-state index in [9.17, 15) is 4.79 Å². The third-order valence-corrected chi connectivity index (χ3v) is 4.78. The van der Waals surface area contributed by atoms with Crippen molar-refractivity contribution in [3.8, 4) is 0 Å². The zero-order chi connectivity index (χ0) is 16.4. The van der Waals surface area contributed by atoms with Crippen LogP contribution in [0.5, 0.6) is 0 Å². The SMILES string of the molecule is O=c1c2ccccc2nc(Nc2ccccc2)n1C1CCCCC1. The lowest BCUT2D eigenvalue weighted by Gasteiger charge is -2.26. The van der Waals surface area contributed by atoms with E-state index in [1.165, 1.54) is 19.3 Å². The maximum absolute atomic E-state index is 13.1. The number of aromatic nitrogens is 2. The zero-order valence-corrected chi connectivity index (χ0v) is 13.6. The molecule has 1 aliphatic carbocycles. The van der Waals surface area contributed by atoms with Gasteiger partial charge in [-0.2, -0.15) is 0 Å². The predicted molar refractivity (Wildman–Crippen MR) is 97.8 cm³/mol. The number of fused-ring (bicyclic) bond motifs is 1. The summed E-state index contributed by atoms with van der Waals surface area (Å²) >= 11 is 0. The van der Waals surface area contributed by atoms with Crippen LogP contribution in [0.4, 0.5) is 11.6 Å². The summed E-state index contributed by atoms with van der Waals surface area (Å²) in [4.78, 5) is 17.9. The van der Waals surface area contributed by atoms with Crippen molar-refractivity contribution in [3.05, 3.63) is 65.0 Å². The Morgan fingerprint density at radius 2 is 1.62 bits per heavy atom. The molecule has 3 aromatic rings. The number of anilines is 2. The molecular formula is C20H21N3O. The first-order chi connectivity index (χ1) is 11.8. The fourth-order valence-corrected chi connectivity index (χ4v) is 3.56. The summed E-state index contributed by atoms with van der Waals surface area (Å²) in [5.74, 6) is 0.650. The monoisotopic (exact) mass is 319 g/mol. The highest BCUT2D eigenvalue weighted by molar-refractivity contribution is 5.79. The van der Waals surface area contributed by atoms with Crippen LogP contribution in [-0.2, 0) is 0 Å². The average molecular weight is 319 g/mol. The Kier molecular flexibility index (Phi) is 4.03. The maximum atomic E-state index is 13.1. The number of benzene rings is 2. The van der Waals surface area contributed by atoms with Crippen molar-refractivity contribution in [2.45, 2.75) is 38.1 Å². The molecule has 1 N–H and O–H groups in total. The van der Waals surface area contributed by atoms with E-state index in [1.807, 2.05) is 59.2 Å². The van der Waals surface area contributed by atoms with Crippen LogP contribution in [0.15, 0.2) is 59.4 Å². The fraction of sp³-hybridized carbons (Fsp3) is 0.300. The standard InChI is InChI=1S/C20H21N3O/c24-19-17-13-7-8-14-18(17)22-20(21-15-9-3-1-4-10-15)23(19)16-11-5-2-6-12-16/h1,3-4,7-10,13-14,16H,2,5-6,11-12H2,(H,21,22). The van der Waals surface area contributed by atoms with E-state index in [1.54, 1.807) is 0 Å². The molecule has 0 saturated heterocycles. The Labute approximate surface area is 141 Å². The van der Waals surface area contributed by atoms with Gasteiger partial charge in [0.15, 0.2) is 0 Å². The van der Waals surface area contributed by atoms with Gasteiger partial charge >= 0.3 is 0 Å². The quantitative estimate of drug-likeness (QED) is 0.764. The van der Waals surface area contributed by atoms with Gasteiger partial charge in [0.1, 0.15) is 0 Å². The Hall–Kier alpha value is -2.62. The molecule has 122 valence electrons. The minimum atomic E-state index is 0.0610. The summed E-state index contributed by atoms with van der Waals surface area (Å²) < 4.78 is 1.88. The molecule has 4 rings (SSSR count). The number of para-hydroxylation sites is 2. The molecule has 0 amide bonds. The van der Waals surface area contributed by atoms with Gasteiger partial charge in [-0.1, -0.05) is 49.6 Å². The molecule has 0 unspecified atom stereocenters. The summed E-state index contributed by atoms with van der Waals surface area (Å²) in [5, 5.41) is 4.05. The molecule has 4 heteroatoms. The van der Waals surface area contributed by atoms with Gasteiger partial charge in [-0.3, -0.25) is 9.36 Å². The number of hydrogen-bond acceptors (Lipinski definition) is 3. The van der Waals surface area contributed by atoms with E-state index < -0.39 is 0 Å². The minimum absolute atomic E-state index is 0.0610. The van der Waals surface area contributed by atoms with E-state index in [0.717, 1.165) is 24.0 Å². The summed E-state index contributed by atoms with van der Waals surface area (Å²) in [6.07, 6.45) is 5.70. The van der Waals surface area contributed by atoms with E-state index in [2.05, 4.69) is 5.32 Å². The number of nitrogens with one attached hydrogen (secondary N) is 1. The average Bonchev–Trinajstić information content (AvgIpc) is 2.64. The van der Waals surface area contributed by atoms with Crippen LogP contribution < -0.4 is 10.9 Å². The van der Waals surface area contributed by atoms with E-state index in [4.69, 9.17) is 4.98 Å². The second-order valence-electron chi connectivity index (χ2n) is 6.41. The molecule has 4 nitrogen and oxygen atoms in total. The van der Waals surface area contributed by atoms with Gasteiger partial charge in [0.2, 0.25) is 5.95 Å². The van der Waals surface area contributed by atoms with Gasteiger partial charge in [0.25, 0.3) is 5.56 Å². The number of nitrogens with zero attached hydrogens (tertiary/aromatic N) is 2.